The summed E-state index contributed by atoms with van der Waals surface area (Å²) >= 11 is 0. The molecule has 0 radical (unpaired) electrons. The summed E-state index contributed by atoms with van der Waals surface area (Å²) in [6.07, 6.45) is 2.24. The minimum absolute atomic E-state index is 0.203. The summed E-state index contributed by atoms with van der Waals surface area (Å²) < 4.78 is 10.7. The first kappa shape index (κ1) is 24.9. The number of carbonyl (C=O) groups excluding carboxylic acids is 1. The number of hydrogen-bond donors (Lipinski definition) is 0. The van der Waals surface area contributed by atoms with Gasteiger partial charge in [-0.1, -0.05) is 58.9 Å². The molecule has 0 atom stereocenters. The zero-order valence-corrected chi connectivity index (χ0v) is 17.1. The number of esters is 1. The summed E-state index contributed by atoms with van der Waals surface area (Å²) in [5.74, 6) is -0.203. The highest BCUT2D eigenvalue weighted by molar-refractivity contribution is 5.69. The quantitative estimate of drug-likeness (QED) is 0.480. The lowest BCUT2D eigenvalue weighted by molar-refractivity contribution is -0.156. The van der Waals surface area contributed by atoms with Gasteiger partial charge in [0, 0.05) is 0 Å². The van der Waals surface area contributed by atoms with Crippen molar-refractivity contribution in [1.29, 1.82) is 0 Å². The largest absolute Gasteiger partial charge is 0.460 e. The first-order valence-corrected chi connectivity index (χ1v) is 9.28. The zero-order chi connectivity index (χ0) is 19.0. The van der Waals surface area contributed by atoms with E-state index in [0.717, 1.165) is 12.8 Å². The Labute approximate surface area is 149 Å². The lowest BCUT2D eigenvalue weighted by Crippen LogP contribution is -2.24. The van der Waals surface area contributed by atoms with Crippen LogP contribution in [0.2, 0.25) is 0 Å². The average Bonchev–Trinajstić information content (AvgIpc) is 2.57. The van der Waals surface area contributed by atoms with Crippen LogP contribution in [0.1, 0.15) is 72.9 Å². The monoisotopic (exact) mass is 338 g/mol. The van der Waals surface area contributed by atoms with Crippen LogP contribution in [0.4, 0.5) is 0 Å². The van der Waals surface area contributed by atoms with Crippen LogP contribution in [0.25, 0.3) is 0 Å². The first-order chi connectivity index (χ1) is 11.4. The fraction of sp³-hybridized carbons (Fsp3) is 0.667. The molecule has 3 nitrogen and oxygen atoms in total. The van der Waals surface area contributed by atoms with Crippen LogP contribution in [-0.2, 0) is 27.1 Å². The number of ether oxygens (including phenoxy) is 2. The highest BCUT2D eigenvalue weighted by Crippen LogP contribution is 2.09. The van der Waals surface area contributed by atoms with E-state index in [9.17, 15) is 4.79 Å². The number of rotatable bonds is 7. The molecule has 1 aromatic carbocycles. The molecule has 0 aliphatic carbocycles. The maximum atomic E-state index is 11.5. The summed E-state index contributed by atoms with van der Waals surface area (Å²) in [7, 11) is 0. The Balaban J connectivity index is 0. The molecule has 140 valence electrons. The molecule has 0 saturated carbocycles. The van der Waals surface area contributed by atoms with E-state index >= 15 is 0 Å². The Bertz CT molecular complexity index is 419. The molecule has 0 aliphatic rings. The van der Waals surface area contributed by atoms with E-state index in [4.69, 9.17) is 9.47 Å². The molecular weight excluding hydrogens is 300 g/mol. The minimum atomic E-state index is -0.419. The van der Waals surface area contributed by atoms with Crippen molar-refractivity contribution < 1.29 is 14.3 Å². The van der Waals surface area contributed by atoms with Gasteiger partial charge < -0.3 is 9.47 Å². The molecule has 0 heterocycles. The van der Waals surface area contributed by atoms with Crippen molar-refractivity contribution in [2.24, 2.45) is 0 Å². The van der Waals surface area contributed by atoms with Gasteiger partial charge in [-0.25, -0.2) is 0 Å². The average molecular weight is 339 g/mol. The minimum Gasteiger partial charge on any atom is -0.460 e. The predicted octanol–water partition coefficient (Wildman–Crippen LogP) is 5.59. The SMILES string of the molecule is CC.CC.CCc1cccc(CCOCCC(=O)OC(C)(C)C)c1. The normalized spacial score (nSPS) is 10.0. The van der Waals surface area contributed by atoms with Crippen LogP contribution < -0.4 is 0 Å². The summed E-state index contributed by atoms with van der Waals surface area (Å²) in [5, 5.41) is 0. The van der Waals surface area contributed by atoms with Gasteiger partial charge in [0.2, 0.25) is 0 Å². The fourth-order valence-electron chi connectivity index (χ4n) is 1.85. The number of carbonyl (C=O) groups is 1. The van der Waals surface area contributed by atoms with E-state index in [-0.39, 0.29) is 5.97 Å². The molecule has 0 N–H and O–H groups in total. The molecule has 0 aliphatic heterocycles. The van der Waals surface area contributed by atoms with Crippen molar-refractivity contribution in [2.75, 3.05) is 13.2 Å². The number of aryl methyl sites for hydroxylation is 1. The molecule has 0 bridgehead atoms. The molecule has 1 aromatic rings. The van der Waals surface area contributed by atoms with Crippen LogP contribution in [0.3, 0.4) is 0 Å². The second-order valence-corrected chi connectivity index (χ2v) is 5.87. The Morgan fingerprint density at radius 2 is 1.58 bits per heavy atom. The van der Waals surface area contributed by atoms with Gasteiger partial charge in [0.15, 0.2) is 0 Å². The van der Waals surface area contributed by atoms with E-state index in [1.807, 2.05) is 48.5 Å². The Hall–Kier alpha value is -1.35. The molecule has 24 heavy (non-hydrogen) atoms. The Kier molecular flexibility index (Phi) is 15.8. The van der Waals surface area contributed by atoms with Gasteiger partial charge in [0.05, 0.1) is 19.6 Å². The molecule has 0 aromatic heterocycles. The molecule has 0 unspecified atom stereocenters. The van der Waals surface area contributed by atoms with Gasteiger partial charge in [-0.3, -0.25) is 4.79 Å². The summed E-state index contributed by atoms with van der Waals surface area (Å²) in [4.78, 5) is 11.5. The molecule has 0 fully saturated rings. The van der Waals surface area contributed by atoms with Gasteiger partial charge in [-0.05, 0) is 44.7 Å². The predicted molar refractivity (Wildman–Crippen MR) is 104 cm³/mol. The van der Waals surface area contributed by atoms with Crippen molar-refractivity contribution in [2.45, 2.75) is 80.3 Å². The third-order valence-corrected chi connectivity index (χ3v) is 2.81. The highest BCUT2D eigenvalue weighted by Gasteiger charge is 2.15. The van der Waals surface area contributed by atoms with E-state index in [1.54, 1.807) is 0 Å². The van der Waals surface area contributed by atoms with Gasteiger partial charge >= 0.3 is 5.97 Å². The van der Waals surface area contributed by atoms with E-state index in [2.05, 4.69) is 31.2 Å². The van der Waals surface area contributed by atoms with Crippen molar-refractivity contribution in [3.63, 3.8) is 0 Å². The molecule has 3 heteroatoms. The molecule has 0 spiro atoms. The maximum absolute atomic E-state index is 11.5. The Morgan fingerprint density at radius 1 is 1.00 bits per heavy atom. The van der Waals surface area contributed by atoms with Crippen LogP contribution in [0, 0.1) is 0 Å². The molecule has 0 saturated heterocycles. The summed E-state index contributed by atoms with van der Waals surface area (Å²) in [6, 6.07) is 8.52. The van der Waals surface area contributed by atoms with Gasteiger partial charge in [0.1, 0.15) is 5.60 Å². The third-order valence-electron chi connectivity index (χ3n) is 2.81. The van der Waals surface area contributed by atoms with Crippen molar-refractivity contribution in [3.8, 4) is 0 Å². The molecule has 1 rings (SSSR count). The zero-order valence-electron chi connectivity index (χ0n) is 17.1. The van der Waals surface area contributed by atoms with Crippen molar-refractivity contribution >= 4 is 5.97 Å². The van der Waals surface area contributed by atoms with E-state index in [0.29, 0.717) is 19.6 Å². The molecular formula is C21H38O3. The second-order valence-electron chi connectivity index (χ2n) is 5.87. The lowest BCUT2D eigenvalue weighted by atomic mass is 10.1. The van der Waals surface area contributed by atoms with Crippen LogP contribution in [-0.4, -0.2) is 24.8 Å². The van der Waals surface area contributed by atoms with Gasteiger partial charge in [0.25, 0.3) is 0 Å². The second kappa shape index (κ2) is 15.2. The summed E-state index contributed by atoms with van der Waals surface area (Å²) in [5.41, 5.74) is 2.20. The van der Waals surface area contributed by atoms with Crippen molar-refractivity contribution in [3.05, 3.63) is 35.4 Å². The lowest BCUT2D eigenvalue weighted by Gasteiger charge is -2.19. The first-order valence-electron chi connectivity index (χ1n) is 9.28. The van der Waals surface area contributed by atoms with E-state index in [1.165, 1.54) is 11.1 Å². The standard InChI is InChI=1S/C17H26O3.2C2H6/c1-5-14-7-6-8-15(13-14)9-11-19-12-10-16(18)20-17(2,3)4;2*1-2/h6-8,13H,5,9-12H2,1-4H3;2*1-2H3. The fourth-order valence-corrected chi connectivity index (χ4v) is 1.85. The third kappa shape index (κ3) is 14.3. The Morgan fingerprint density at radius 3 is 2.12 bits per heavy atom. The number of benzene rings is 1. The van der Waals surface area contributed by atoms with Crippen LogP contribution >= 0.6 is 0 Å². The van der Waals surface area contributed by atoms with Crippen LogP contribution in [0.5, 0.6) is 0 Å². The molecule has 0 amide bonds. The van der Waals surface area contributed by atoms with Crippen LogP contribution in [0.15, 0.2) is 24.3 Å². The maximum Gasteiger partial charge on any atom is 0.308 e. The highest BCUT2D eigenvalue weighted by atomic mass is 16.6. The van der Waals surface area contributed by atoms with Crippen molar-refractivity contribution in [1.82, 2.24) is 0 Å². The smallest absolute Gasteiger partial charge is 0.308 e. The van der Waals surface area contributed by atoms with E-state index < -0.39 is 5.60 Å². The van der Waals surface area contributed by atoms with Gasteiger partial charge in [-0.2, -0.15) is 0 Å². The summed E-state index contributed by atoms with van der Waals surface area (Å²) in [6.45, 7) is 16.8. The van der Waals surface area contributed by atoms with Gasteiger partial charge in [-0.15, -0.1) is 0 Å². The topological polar surface area (TPSA) is 35.5 Å². The number of hydrogen-bond acceptors (Lipinski definition) is 3.